The van der Waals surface area contributed by atoms with Gasteiger partial charge in [0.2, 0.25) is 0 Å². The predicted octanol–water partition coefficient (Wildman–Crippen LogP) is 3.84. The van der Waals surface area contributed by atoms with Crippen LogP contribution in [0.5, 0.6) is 0 Å². The Bertz CT molecular complexity index is 213. The molecule has 0 aromatic carbocycles. The molecular formula is C15H29N. The molecule has 0 aromatic rings. The van der Waals surface area contributed by atoms with Gasteiger partial charge in [-0.2, -0.15) is 0 Å². The van der Waals surface area contributed by atoms with Gasteiger partial charge in [0.25, 0.3) is 0 Å². The van der Waals surface area contributed by atoms with Gasteiger partial charge in [0.15, 0.2) is 0 Å². The molecule has 0 saturated heterocycles. The summed E-state index contributed by atoms with van der Waals surface area (Å²) in [6.07, 6.45) is 9.08. The third-order valence-electron chi connectivity index (χ3n) is 4.90. The lowest BCUT2D eigenvalue weighted by atomic mass is 9.81. The fourth-order valence-corrected chi connectivity index (χ4v) is 4.31. The zero-order valence-electron chi connectivity index (χ0n) is 11.3. The van der Waals surface area contributed by atoms with Crippen molar-refractivity contribution < 1.29 is 0 Å². The first kappa shape index (κ1) is 12.4. The van der Waals surface area contributed by atoms with E-state index >= 15 is 0 Å². The monoisotopic (exact) mass is 223 g/mol. The molecule has 1 N–H and O–H groups in total. The summed E-state index contributed by atoms with van der Waals surface area (Å²) in [5, 5.41) is 3.54. The number of hydrogen-bond acceptors (Lipinski definition) is 1. The van der Waals surface area contributed by atoms with Crippen LogP contribution in [0.25, 0.3) is 0 Å². The largest absolute Gasteiger partial charge is 0.315 e. The lowest BCUT2D eigenvalue weighted by Gasteiger charge is -2.26. The molecule has 1 heteroatoms. The molecule has 2 aliphatic carbocycles. The van der Waals surface area contributed by atoms with Crippen LogP contribution in [0.15, 0.2) is 0 Å². The Morgan fingerprint density at radius 3 is 2.56 bits per heavy atom. The second kappa shape index (κ2) is 5.53. The smallest absolute Gasteiger partial charge is 0.00411 e. The van der Waals surface area contributed by atoms with Crippen molar-refractivity contribution in [2.45, 2.75) is 65.3 Å². The fourth-order valence-electron chi connectivity index (χ4n) is 4.31. The van der Waals surface area contributed by atoms with E-state index < -0.39 is 0 Å². The van der Waals surface area contributed by atoms with Gasteiger partial charge < -0.3 is 5.32 Å². The Labute approximate surface area is 101 Å². The van der Waals surface area contributed by atoms with Crippen molar-refractivity contribution in [3.8, 4) is 0 Å². The Hall–Kier alpha value is -0.0400. The van der Waals surface area contributed by atoms with Crippen molar-refractivity contribution >= 4 is 0 Å². The second-order valence-corrected chi connectivity index (χ2v) is 6.47. The molecule has 2 rings (SSSR count). The Morgan fingerprint density at radius 1 is 1.19 bits per heavy atom. The summed E-state index contributed by atoms with van der Waals surface area (Å²) in [4.78, 5) is 0. The first-order valence-corrected chi connectivity index (χ1v) is 7.42. The van der Waals surface area contributed by atoms with Crippen LogP contribution in [0.3, 0.4) is 0 Å². The standard InChI is InChI=1S/C15H29N/c1-4-16-12(3)7-11(2)8-15-10-13-5-6-14(15)9-13/h11-16H,4-10H2,1-3H3. The van der Waals surface area contributed by atoms with Gasteiger partial charge >= 0.3 is 0 Å². The highest BCUT2D eigenvalue weighted by molar-refractivity contribution is 4.90. The number of rotatable bonds is 6. The van der Waals surface area contributed by atoms with Crippen molar-refractivity contribution in [2.24, 2.45) is 23.7 Å². The molecule has 5 atom stereocenters. The quantitative estimate of drug-likeness (QED) is 0.721. The highest BCUT2D eigenvalue weighted by Gasteiger charge is 2.39. The van der Waals surface area contributed by atoms with Crippen LogP contribution in [0, 0.1) is 23.7 Å². The van der Waals surface area contributed by atoms with Crippen molar-refractivity contribution in [1.29, 1.82) is 0 Å². The molecule has 0 aromatic heterocycles. The summed E-state index contributed by atoms with van der Waals surface area (Å²) in [5.41, 5.74) is 0. The van der Waals surface area contributed by atoms with E-state index in [-0.39, 0.29) is 0 Å². The van der Waals surface area contributed by atoms with Gasteiger partial charge in [-0.3, -0.25) is 0 Å². The fraction of sp³-hybridized carbons (Fsp3) is 1.00. The molecule has 2 bridgehead atoms. The second-order valence-electron chi connectivity index (χ2n) is 6.47. The molecule has 2 fully saturated rings. The molecule has 2 aliphatic rings. The molecule has 5 unspecified atom stereocenters. The Morgan fingerprint density at radius 2 is 2.00 bits per heavy atom. The van der Waals surface area contributed by atoms with Crippen molar-refractivity contribution in [2.75, 3.05) is 6.54 Å². The SMILES string of the molecule is CCNC(C)CC(C)CC1CC2CCC1C2. The van der Waals surface area contributed by atoms with E-state index in [2.05, 4.69) is 26.1 Å². The summed E-state index contributed by atoms with van der Waals surface area (Å²) in [7, 11) is 0. The average molecular weight is 223 g/mol. The number of fused-ring (bicyclic) bond motifs is 2. The first-order chi connectivity index (χ1) is 7.69. The van der Waals surface area contributed by atoms with E-state index in [9.17, 15) is 0 Å². The Balaban J connectivity index is 1.69. The van der Waals surface area contributed by atoms with E-state index in [4.69, 9.17) is 0 Å². The average Bonchev–Trinajstić information content (AvgIpc) is 2.78. The molecule has 2 saturated carbocycles. The summed E-state index contributed by atoms with van der Waals surface area (Å²) in [6.45, 7) is 8.11. The molecule has 0 amide bonds. The summed E-state index contributed by atoms with van der Waals surface area (Å²) < 4.78 is 0. The maximum absolute atomic E-state index is 3.54. The van der Waals surface area contributed by atoms with Crippen LogP contribution in [-0.4, -0.2) is 12.6 Å². The van der Waals surface area contributed by atoms with Crippen molar-refractivity contribution in [3.05, 3.63) is 0 Å². The number of hydrogen-bond donors (Lipinski definition) is 1. The van der Waals surface area contributed by atoms with Gasteiger partial charge in [0, 0.05) is 6.04 Å². The predicted molar refractivity (Wildman–Crippen MR) is 70.5 cm³/mol. The lowest BCUT2D eigenvalue weighted by Crippen LogP contribution is -2.28. The molecule has 94 valence electrons. The van der Waals surface area contributed by atoms with Gasteiger partial charge in [0.05, 0.1) is 0 Å². The van der Waals surface area contributed by atoms with E-state index in [1.165, 1.54) is 12.8 Å². The van der Waals surface area contributed by atoms with Gasteiger partial charge in [-0.1, -0.05) is 20.3 Å². The first-order valence-electron chi connectivity index (χ1n) is 7.42. The summed E-state index contributed by atoms with van der Waals surface area (Å²) in [6, 6.07) is 0.707. The molecule has 0 radical (unpaired) electrons. The highest BCUT2D eigenvalue weighted by Crippen LogP contribution is 2.50. The maximum Gasteiger partial charge on any atom is 0.00411 e. The third kappa shape index (κ3) is 3.00. The Kier molecular flexibility index (Phi) is 4.29. The normalized spacial score (nSPS) is 36.6. The highest BCUT2D eigenvalue weighted by atomic mass is 14.9. The van der Waals surface area contributed by atoms with E-state index in [1.807, 2.05) is 0 Å². The lowest BCUT2D eigenvalue weighted by molar-refractivity contribution is 0.259. The molecule has 0 heterocycles. The van der Waals surface area contributed by atoms with Crippen LogP contribution in [0.4, 0.5) is 0 Å². The van der Waals surface area contributed by atoms with Crippen LogP contribution < -0.4 is 5.32 Å². The molecular weight excluding hydrogens is 194 g/mol. The summed E-state index contributed by atoms with van der Waals surface area (Å²) >= 11 is 0. The maximum atomic E-state index is 3.54. The van der Waals surface area contributed by atoms with E-state index in [0.717, 1.165) is 30.2 Å². The molecule has 0 aliphatic heterocycles. The van der Waals surface area contributed by atoms with E-state index in [0.29, 0.717) is 6.04 Å². The van der Waals surface area contributed by atoms with Gasteiger partial charge in [-0.25, -0.2) is 0 Å². The van der Waals surface area contributed by atoms with Gasteiger partial charge in [0.1, 0.15) is 0 Å². The summed E-state index contributed by atoms with van der Waals surface area (Å²) in [5.74, 6) is 4.23. The minimum atomic E-state index is 0.707. The van der Waals surface area contributed by atoms with Crippen molar-refractivity contribution in [1.82, 2.24) is 5.32 Å². The third-order valence-corrected chi connectivity index (χ3v) is 4.90. The molecule has 1 nitrogen and oxygen atoms in total. The van der Waals surface area contributed by atoms with Crippen LogP contribution in [0.1, 0.15) is 59.3 Å². The van der Waals surface area contributed by atoms with Gasteiger partial charge in [-0.15, -0.1) is 0 Å². The zero-order chi connectivity index (χ0) is 11.5. The topological polar surface area (TPSA) is 12.0 Å². The van der Waals surface area contributed by atoms with Crippen LogP contribution >= 0.6 is 0 Å². The van der Waals surface area contributed by atoms with Crippen LogP contribution in [0.2, 0.25) is 0 Å². The van der Waals surface area contributed by atoms with E-state index in [1.54, 1.807) is 25.7 Å². The molecule has 0 spiro atoms. The minimum Gasteiger partial charge on any atom is -0.315 e. The van der Waals surface area contributed by atoms with Crippen LogP contribution in [-0.2, 0) is 0 Å². The zero-order valence-corrected chi connectivity index (χ0v) is 11.3. The number of nitrogens with one attached hydrogen (secondary N) is 1. The molecule has 16 heavy (non-hydrogen) atoms. The van der Waals surface area contributed by atoms with Crippen molar-refractivity contribution in [3.63, 3.8) is 0 Å². The van der Waals surface area contributed by atoms with Gasteiger partial charge in [-0.05, 0) is 69.2 Å². The minimum absolute atomic E-state index is 0.707.